The van der Waals surface area contributed by atoms with Gasteiger partial charge < -0.3 is 19.9 Å². The third kappa shape index (κ3) is 5.62. The standard InChI is InChI=1S/C10H16N2O4S/c1-15-5-6-16-4-2-3-11-10-12-8(7-17-10)9(13)14/h7H,2-6H2,1H3,(H,11,12)(H,13,14). The van der Waals surface area contributed by atoms with Gasteiger partial charge in [0.25, 0.3) is 0 Å². The second kappa shape index (κ2) is 7.99. The Labute approximate surface area is 104 Å². The van der Waals surface area contributed by atoms with Crippen molar-refractivity contribution in [1.82, 2.24) is 4.98 Å². The van der Waals surface area contributed by atoms with E-state index in [0.717, 1.165) is 6.42 Å². The molecule has 0 aliphatic rings. The van der Waals surface area contributed by atoms with Crippen LogP contribution in [0.3, 0.4) is 0 Å². The highest BCUT2D eigenvalue weighted by atomic mass is 32.1. The summed E-state index contributed by atoms with van der Waals surface area (Å²) in [6.45, 7) is 2.55. The van der Waals surface area contributed by atoms with Crippen LogP contribution in [0, 0.1) is 0 Å². The lowest BCUT2D eigenvalue weighted by Crippen LogP contribution is -2.08. The Balaban J connectivity index is 2.07. The molecule has 0 amide bonds. The van der Waals surface area contributed by atoms with E-state index in [1.54, 1.807) is 7.11 Å². The molecule has 1 heterocycles. The van der Waals surface area contributed by atoms with Gasteiger partial charge >= 0.3 is 5.97 Å². The number of rotatable bonds is 9. The molecule has 1 aromatic heterocycles. The van der Waals surface area contributed by atoms with Crippen molar-refractivity contribution in [3.8, 4) is 0 Å². The summed E-state index contributed by atoms with van der Waals surface area (Å²) < 4.78 is 10.1. The summed E-state index contributed by atoms with van der Waals surface area (Å²) in [6, 6.07) is 0. The van der Waals surface area contributed by atoms with Crippen LogP contribution in [0.4, 0.5) is 5.13 Å². The zero-order chi connectivity index (χ0) is 12.5. The number of methoxy groups -OCH3 is 1. The minimum Gasteiger partial charge on any atom is -0.476 e. The van der Waals surface area contributed by atoms with Gasteiger partial charge in [0.2, 0.25) is 0 Å². The summed E-state index contributed by atoms with van der Waals surface area (Å²) in [5.41, 5.74) is 0.0776. The molecule has 7 heteroatoms. The van der Waals surface area contributed by atoms with Gasteiger partial charge in [0.1, 0.15) is 0 Å². The van der Waals surface area contributed by atoms with Crippen LogP contribution in [0.2, 0.25) is 0 Å². The van der Waals surface area contributed by atoms with Gasteiger partial charge in [-0.3, -0.25) is 0 Å². The summed E-state index contributed by atoms with van der Waals surface area (Å²) in [4.78, 5) is 14.5. The first-order valence-corrected chi connectivity index (χ1v) is 6.11. The lowest BCUT2D eigenvalue weighted by atomic mass is 10.4. The lowest BCUT2D eigenvalue weighted by molar-refractivity contribution is 0.0691. The molecular formula is C10H16N2O4S. The molecule has 17 heavy (non-hydrogen) atoms. The van der Waals surface area contributed by atoms with Gasteiger partial charge in [-0.1, -0.05) is 0 Å². The Bertz CT molecular complexity index is 343. The first kappa shape index (κ1) is 13.9. The maximum atomic E-state index is 10.6. The molecule has 0 aliphatic carbocycles. The number of hydrogen-bond donors (Lipinski definition) is 2. The fraction of sp³-hybridized carbons (Fsp3) is 0.600. The Hall–Kier alpha value is -1.18. The van der Waals surface area contributed by atoms with E-state index in [1.165, 1.54) is 16.7 Å². The molecule has 2 N–H and O–H groups in total. The van der Waals surface area contributed by atoms with Gasteiger partial charge in [-0.2, -0.15) is 0 Å². The van der Waals surface area contributed by atoms with Crippen LogP contribution in [-0.4, -0.2) is 49.5 Å². The highest BCUT2D eigenvalue weighted by Crippen LogP contribution is 2.14. The molecule has 0 unspecified atom stereocenters. The van der Waals surface area contributed by atoms with E-state index < -0.39 is 5.97 Å². The maximum absolute atomic E-state index is 10.6. The summed E-state index contributed by atoms with van der Waals surface area (Å²) >= 11 is 1.29. The zero-order valence-electron chi connectivity index (χ0n) is 9.64. The summed E-state index contributed by atoms with van der Waals surface area (Å²) in [7, 11) is 1.63. The fourth-order valence-electron chi connectivity index (χ4n) is 1.07. The van der Waals surface area contributed by atoms with Gasteiger partial charge in [0, 0.05) is 25.6 Å². The van der Waals surface area contributed by atoms with Gasteiger partial charge in [0.05, 0.1) is 13.2 Å². The number of ether oxygens (including phenoxy) is 2. The predicted octanol–water partition coefficient (Wildman–Crippen LogP) is 1.31. The summed E-state index contributed by atoms with van der Waals surface area (Å²) in [5, 5.41) is 13.9. The number of thiazole rings is 1. The third-order valence-corrected chi connectivity index (χ3v) is 2.70. The minimum atomic E-state index is -1.00. The van der Waals surface area contributed by atoms with Crippen molar-refractivity contribution >= 4 is 22.4 Å². The summed E-state index contributed by atoms with van der Waals surface area (Å²) in [5.74, 6) is -1.00. The van der Waals surface area contributed by atoms with Crippen LogP contribution < -0.4 is 5.32 Å². The fourth-order valence-corrected chi connectivity index (χ4v) is 1.78. The van der Waals surface area contributed by atoms with E-state index in [-0.39, 0.29) is 5.69 Å². The normalized spacial score (nSPS) is 10.4. The summed E-state index contributed by atoms with van der Waals surface area (Å²) in [6.07, 6.45) is 0.839. The number of aromatic carboxylic acids is 1. The molecule has 1 aromatic rings. The van der Waals surface area contributed by atoms with Gasteiger partial charge in [-0.05, 0) is 6.42 Å². The number of carboxylic acids is 1. The SMILES string of the molecule is COCCOCCCNc1nc(C(=O)O)cs1. The second-order valence-corrected chi connectivity index (χ2v) is 4.09. The highest BCUT2D eigenvalue weighted by molar-refractivity contribution is 7.13. The molecule has 6 nitrogen and oxygen atoms in total. The van der Waals surface area contributed by atoms with Crippen LogP contribution in [0.1, 0.15) is 16.9 Å². The third-order valence-electron chi connectivity index (χ3n) is 1.90. The molecule has 0 spiro atoms. The number of carbonyl (C=O) groups is 1. The van der Waals surface area contributed by atoms with Crippen molar-refractivity contribution in [3.05, 3.63) is 11.1 Å². The van der Waals surface area contributed by atoms with Crippen LogP contribution >= 0.6 is 11.3 Å². The van der Waals surface area contributed by atoms with E-state index in [0.29, 0.717) is 31.5 Å². The number of hydrogen-bond acceptors (Lipinski definition) is 6. The van der Waals surface area contributed by atoms with Crippen molar-refractivity contribution in [2.45, 2.75) is 6.42 Å². The number of aromatic nitrogens is 1. The van der Waals surface area contributed by atoms with Crippen molar-refractivity contribution in [2.24, 2.45) is 0 Å². The molecule has 0 fully saturated rings. The first-order chi connectivity index (χ1) is 8.24. The number of carboxylic acid groups (broad SMARTS) is 1. The molecule has 1 rings (SSSR count). The van der Waals surface area contributed by atoms with Crippen molar-refractivity contribution in [3.63, 3.8) is 0 Å². The Morgan fingerprint density at radius 2 is 2.35 bits per heavy atom. The molecule has 0 aliphatic heterocycles. The van der Waals surface area contributed by atoms with Crippen LogP contribution in [0.25, 0.3) is 0 Å². The number of nitrogens with one attached hydrogen (secondary N) is 1. The smallest absolute Gasteiger partial charge is 0.355 e. The largest absolute Gasteiger partial charge is 0.476 e. The molecular weight excluding hydrogens is 244 g/mol. The molecule has 0 bridgehead atoms. The average molecular weight is 260 g/mol. The second-order valence-electron chi connectivity index (χ2n) is 3.23. The number of nitrogens with zero attached hydrogens (tertiary/aromatic N) is 1. The highest BCUT2D eigenvalue weighted by Gasteiger charge is 2.07. The van der Waals surface area contributed by atoms with Gasteiger partial charge in [-0.25, -0.2) is 9.78 Å². The molecule has 0 aromatic carbocycles. The van der Waals surface area contributed by atoms with Gasteiger partial charge in [0.15, 0.2) is 10.8 Å². The molecule has 0 atom stereocenters. The van der Waals surface area contributed by atoms with E-state index in [4.69, 9.17) is 14.6 Å². The van der Waals surface area contributed by atoms with E-state index in [2.05, 4.69) is 10.3 Å². The van der Waals surface area contributed by atoms with Crippen LogP contribution in [-0.2, 0) is 9.47 Å². The van der Waals surface area contributed by atoms with Crippen LogP contribution in [0.5, 0.6) is 0 Å². The van der Waals surface area contributed by atoms with Crippen molar-refractivity contribution < 1.29 is 19.4 Å². The van der Waals surface area contributed by atoms with E-state index in [1.807, 2.05) is 0 Å². The van der Waals surface area contributed by atoms with E-state index in [9.17, 15) is 4.79 Å². The number of anilines is 1. The molecule has 0 saturated carbocycles. The topological polar surface area (TPSA) is 80.7 Å². The molecule has 0 saturated heterocycles. The van der Waals surface area contributed by atoms with Crippen LogP contribution in [0.15, 0.2) is 5.38 Å². The monoisotopic (exact) mass is 260 g/mol. The van der Waals surface area contributed by atoms with Crippen molar-refractivity contribution in [2.75, 3.05) is 38.8 Å². The van der Waals surface area contributed by atoms with Gasteiger partial charge in [-0.15, -0.1) is 11.3 Å². The Morgan fingerprint density at radius 3 is 3.00 bits per heavy atom. The Kier molecular flexibility index (Phi) is 6.53. The average Bonchev–Trinajstić information content (AvgIpc) is 2.77. The quantitative estimate of drug-likeness (QED) is 0.651. The minimum absolute atomic E-state index is 0.0776. The first-order valence-electron chi connectivity index (χ1n) is 5.23. The maximum Gasteiger partial charge on any atom is 0.355 e. The van der Waals surface area contributed by atoms with E-state index >= 15 is 0 Å². The van der Waals surface area contributed by atoms with Crippen molar-refractivity contribution in [1.29, 1.82) is 0 Å². The zero-order valence-corrected chi connectivity index (χ0v) is 10.5. The Morgan fingerprint density at radius 1 is 1.53 bits per heavy atom. The molecule has 0 radical (unpaired) electrons. The molecule has 96 valence electrons. The lowest BCUT2D eigenvalue weighted by Gasteiger charge is -2.04. The predicted molar refractivity (Wildman–Crippen MR) is 64.9 cm³/mol.